The van der Waals surface area contributed by atoms with Crippen molar-refractivity contribution in [1.82, 2.24) is 38.7 Å². The van der Waals surface area contributed by atoms with Crippen LogP contribution in [0.3, 0.4) is 0 Å². The summed E-state index contributed by atoms with van der Waals surface area (Å²) in [6.07, 6.45) is 4.33. The first kappa shape index (κ1) is 23.9. The maximum atomic E-state index is 13.1. The second-order valence-corrected chi connectivity index (χ2v) is 9.26. The highest BCUT2D eigenvalue weighted by atomic mass is 19.4. The number of nitrogens with zero attached hydrogens (tertiary/aromatic N) is 8. The molecule has 5 aromatic rings. The van der Waals surface area contributed by atoms with Crippen LogP contribution in [-0.4, -0.2) is 51.1 Å². The van der Waals surface area contributed by atoms with Crippen molar-refractivity contribution in [3.05, 3.63) is 59.2 Å². The van der Waals surface area contributed by atoms with E-state index in [0.717, 1.165) is 18.7 Å². The number of hydrogen-bond acceptors (Lipinski definition) is 6. The third-order valence-electron chi connectivity index (χ3n) is 6.59. The SMILES string of the molecule is CCCn1c(=O)c2[nH]c(-c3cnn(CC4CC(=O)N(c5ccc(C(F)(F)F)nc5)C4)c3)nc2n2ccnc12. The molecule has 38 heavy (non-hydrogen) atoms. The van der Waals surface area contributed by atoms with E-state index in [-0.39, 0.29) is 23.8 Å². The second kappa shape index (κ2) is 8.82. The summed E-state index contributed by atoms with van der Waals surface area (Å²) in [4.78, 5) is 42.6. The first-order valence-electron chi connectivity index (χ1n) is 12.0. The van der Waals surface area contributed by atoms with E-state index in [9.17, 15) is 22.8 Å². The Kier molecular flexibility index (Phi) is 5.54. The topological polar surface area (TPSA) is 119 Å². The van der Waals surface area contributed by atoms with Crippen LogP contribution in [0.1, 0.15) is 25.5 Å². The summed E-state index contributed by atoms with van der Waals surface area (Å²) in [6.45, 7) is 3.27. The predicted molar refractivity (Wildman–Crippen MR) is 130 cm³/mol. The molecule has 0 aliphatic carbocycles. The molecule has 0 spiro atoms. The average molecular weight is 525 g/mol. The number of amides is 1. The number of anilines is 1. The molecule has 1 aliphatic rings. The van der Waals surface area contributed by atoms with Gasteiger partial charge in [-0.05, 0) is 18.6 Å². The maximum absolute atomic E-state index is 13.1. The molecular weight excluding hydrogens is 503 g/mol. The number of alkyl halides is 3. The standard InChI is InChI=1S/C24H22F3N9O2/c1-2-6-35-22(38)19-21(34-7-5-28-23(34)35)32-20(31-19)15-9-30-33(13-15)11-14-8-18(37)36(12-14)16-3-4-17(29-10-16)24(25,26)27/h3-5,7,9-10,13-14H,2,6,8,11-12H2,1H3,(H,31,32). The van der Waals surface area contributed by atoms with Crippen LogP contribution >= 0.6 is 0 Å². The Hall–Kier alpha value is -4.49. The molecule has 1 aliphatic heterocycles. The number of hydrogen-bond donors (Lipinski definition) is 1. The van der Waals surface area contributed by atoms with Gasteiger partial charge in [-0.1, -0.05) is 6.92 Å². The zero-order valence-electron chi connectivity index (χ0n) is 20.2. The molecule has 0 saturated carbocycles. The number of nitrogens with one attached hydrogen (secondary N) is 1. The van der Waals surface area contributed by atoms with E-state index in [0.29, 0.717) is 53.7 Å². The van der Waals surface area contributed by atoms with Gasteiger partial charge in [0, 0.05) is 50.6 Å². The molecule has 1 atom stereocenters. The summed E-state index contributed by atoms with van der Waals surface area (Å²) >= 11 is 0. The van der Waals surface area contributed by atoms with Gasteiger partial charge in [0.2, 0.25) is 11.7 Å². The second-order valence-electron chi connectivity index (χ2n) is 9.26. The molecule has 1 amide bonds. The quantitative estimate of drug-likeness (QED) is 0.364. The predicted octanol–water partition coefficient (Wildman–Crippen LogP) is 3.11. The van der Waals surface area contributed by atoms with Gasteiger partial charge in [-0.2, -0.15) is 18.3 Å². The Morgan fingerprint density at radius 1 is 1.16 bits per heavy atom. The Bertz CT molecular complexity index is 1710. The number of carbonyl (C=O) groups excluding carboxylic acids is 1. The van der Waals surface area contributed by atoms with Crippen LogP contribution in [0, 0.1) is 5.92 Å². The van der Waals surface area contributed by atoms with E-state index < -0.39 is 11.9 Å². The lowest BCUT2D eigenvalue weighted by Gasteiger charge is -2.17. The van der Waals surface area contributed by atoms with Crippen molar-refractivity contribution in [2.75, 3.05) is 11.4 Å². The van der Waals surface area contributed by atoms with E-state index in [1.54, 1.807) is 38.4 Å². The Labute approximate surface area is 212 Å². The van der Waals surface area contributed by atoms with Gasteiger partial charge in [-0.15, -0.1) is 0 Å². The molecule has 1 N–H and O–H groups in total. The number of carbonyl (C=O) groups is 1. The highest BCUT2D eigenvalue weighted by Gasteiger charge is 2.34. The lowest BCUT2D eigenvalue weighted by molar-refractivity contribution is -0.141. The number of aromatic amines is 1. The van der Waals surface area contributed by atoms with Crippen LogP contribution in [-0.2, 0) is 24.1 Å². The molecule has 1 unspecified atom stereocenters. The zero-order valence-corrected chi connectivity index (χ0v) is 20.2. The smallest absolute Gasteiger partial charge is 0.332 e. The number of aromatic nitrogens is 8. The molecule has 0 aromatic carbocycles. The summed E-state index contributed by atoms with van der Waals surface area (Å²) in [7, 11) is 0. The van der Waals surface area contributed by atoms with Crippen molar-refractivity contribution in [3.8, 4) is 11.4 Å². The van der Waals surface area contributed by atoms with Crippen LogP contribution in [0.5, 0.6) is 0 Å². The van der Waals surface area contributed by atoms with Gasteiger partial charge in [-0.3, -0.25) is 23.2 Å². The number of H-pyrrole nitrogens is 1. The van der Waals surface area contributed by atoms with Gasteiger partial charge in [0.15, 0.2) is 11.2 Å². The fraction of sp³-hybridized carbons (Fsp3) is 0.333. The van der Waals surface area contributed by atoms with E-state index in [4.69, 9.17) is 0 Å². The summed E-state index contributed by atoms with van der Waals surface area (Å²) in [5.41, 5.74) is 0.636. The van der Waals surface area contributed by atoms with Crippen molar-refractivity contribution in [2.24, 2.45) is 5.92 Å². The van der Waals surface area contributed by atoms with Gasteiger partial charge in [0.05, 0.1) is 23.6 Å². The van der Waals surface area contributed by atoms with E-state index in [2.05, 4.69) is 25.0 Å². The summed E-state index contributed by atoms with van der Waals surface area (Å²) < 4.78 is 43.5. The lowest BCUT2D eigenvalue weighted by Crippen LogP contribution is -2.25. The molecule has 14 heteroatoms. The van der Waals surface area contributed by atoms with Crippen LogP contribution in [0.25, 0.3) is 28.3 Å². The summed E-state index contributed by atoms with van der Waals surface area (Å²) in [6, 6.07) is 2.13. The molecule has 6 rings (SSSR count). The van der Waals surface area contributed by atoms with Crippen molar-refractivity contribution >= 4 is 28.5 Å². The van der Waals surface area contributed by atoms with Gasteiger partial charge in [0.25, 0.3) is 5.56 Å². The fourth-order valence-electron chi connectivity index (χ4n) is 4.85. The summed E-state index contributed by atoms with van der Waals surface area (Å²) in [5.74, 6) is 0.721. The molecule has 0 radical (unpaired) electrons. The molecule has 6 heterocycles. The number of halogens is 3. The Morgan fingerprint density at radius 3 is 2.74 bits per heavy atom. The molecule has 0 bridgehead atoms. The largest absolute Gasteiger partial charge is 0.433 e. The minimum absolute atomic E-state index is 0.0972. The van der Waals surface area contributed by atoms with Gasteiger partial charge < -0.3 is 9.88 Å². The average Bonchev–Trinajstić information content (AvgIpc) is 3.67. The number of pyridine rings is 1. The molecule has 5 aromatic heterocycles. The lowest BCUT2D eigenvalue weighted by atomic mass is 10.1. The fourth-order valence-corrected chi connectivity index (χ4v) is 4.85. The monoisotopic (exact) mass is 525 g/mol. The number of rotatable bonds is 6. The molecular formula is C24H22F3N9O2. The minimum atomic E-state index is -4.54. The third-order valence-corrected chi connectivity index (χ3v) is 6.59. The molecule has 11 nitrogen and oxygen atoms in total. The van der Waals surface area contributed by atoms with Crippen molar-refractivity contribution in [1.29, 1.82) is 0 Å². The van der Waals surface area contributed by atoms with Crippen LogP contribution in [0.4, 0.5) is 18.9 Å². The van der Waals surface area contributed by atoms with E-state index in [1.807, 2.05) is 6.92 Å². The Balaban J connectivity index is 1.22. The zero-order chi connectivity index (χ0) is 26.6. The van der Waals surface area contributed by atoms with Gasteiger partial charge in [0.1, 0.15) is 11.5 Å². The van der Waals surface area contributed by atoms with Crippen LogP contribution in [0.15, 0.2) is 47.9 Å². The first-order chi connectivity index (χ1) is 18.2. The Morgan fingerprint density at radius 2 is 2.00 bits per heavy atom. The first-order valence-corrected chi connectivity index (χ1v) is 12.0. The van der Waals surface area contributed by atoms with E-state index >= 15 is 0 Å². The summed E-state index contributed by atoms with van der Waals surface area (Å²) in [5, 5.41) is 4.40. The van der Waals surface area contributed by atoms with Crippen molar-refractivity contribution in [3.63, 3.8) is 0 Å². The van der Waals surface area contributed by atoms with Crippen molar-refractivity contribution < 1.29 is 18.0 Å². The minimum Gasteiger partial charge on any atom is -0.332 e. The maximum Gasteiger partial charge on any atom is 0.433 e. The highest BCUT2D eigenvalue weighted by Crippen LogP contribution is 2.31. The molecule has 1 fully saturated rings. The molecule has 196 valence electrons. The number of aryl methyl sites for hydroxylation is 1. The van der Waals surface area contributed by atoms with Gasteiger partial charge in [-0.25, -0.2) is 15.0 Å². The van der Waals surface area contributed by atoms with E-state index in [1.165, 1.54) is 11.0 Å². The number of fused-ring (bicyclic) bond motifs is 3. The van der Waals surface area contributed by atoms with Crippen LogP contribution < -0.4 is 10.5 Å². The molecule has 1 saturated heterocycles. The van der Waals surface area contributed by atoms with Crippen molar-refractivity contribution in [2.45, 2.75) is 39.0 Å². The van der Waals surface area contributed by atoms with Gasteiger partial charge >= 0.3 is 6.18 Å². The third kappa shape index (κ3) is 4.01. The highest BCUT2D eigenvalue weighted by molar-refractivity contribution is 5.95. The van der Waals surface area contributed by atoms with Crippen LogP contribution in [0.2, 0.25) is 0 Å². The normalized spacial score (nSPS) is 16.4. The number of imidazole rings is 2.